The summed E-state index contributed by atoms with van der Waals surface area (Å²) in [6.07, 6.45) is 5.41. The molecule has 3 rings (SSSR count). The van der Waals surface area contributed by atoms with Gasteiger partial charge in [0.15, 0.2) is 0 Å². The lowest BCUT2D eigenvalue weighted by Gasteiger charge is -1.96. The van der Waals surface area contributed by atoms with Gasteiger partial charge in [-0.3, -0.25) is 4.68 Å². The van der Waals surface area contributed by atoms with Crippen molar-refractivity contribution in [2.24, 2.45) is 7.05 Å². The number of nitrogens with one attached hydrogen (secondary N) is 1. The van der Waals surface area contributed by atoms with E-state index in [9.17, 15) is 0 Å². The minimum Gasteiger partial charge on any atom is -0.375 e. The fourth-order valence-corrected chi connectivity index (χ4v) is 2.82. The molecule has 2 aromatic rings. The van der Waals surface area contributed by atoms with Crippen LogP contribution in [0.1, 0.15) is 18.5 Å². The van der Waals surface area contributed by atoms with Gasteiger partial charge in [-0.15, -0.1) is 17.5 Å². The molecule has 0 spiro atoms. The van der Waals surface area contributed by atoms with Gasteiger partial charge in [0.1, 0.15) is 15.7 Å². The third-order valence-corrected chi connectivity index (χ3v) is 3.72. The molecule has 0 aromatic carbocycles. The highest BCUT2D eigenvalue weighted by Gasteiger charge is 2.16. The van der Waals surface area contributed by atoms with E-state index in [4.69, 9.17) is 0 Å². The number of aromatic nitrogens is 4. The second kappa shape index (κ2) is 5.01. The average molecular weight is 272 g/mol. The zero-order valence-electron chi connectivity index (χ0n) is 9.51. The predicted molar refractivity (Wildman–Crippen MR) is 70.8 cm³/mol. The van der Waals surface area contributed by atoms with E-state index in [1.807, 2.05) is 13.2 Å². The number of fused-ring (bicyclic) bond motifs is 1. The van der Waals surface area contributed by atoms with Gasteiger partial charge in [-0.1, -0.05) is 16.6 Å². The lowest BCUT2D eigenvalue weighted by Crippen LogP contribution is -1.96. The van der Waals surface area contributed by atoms with Gasteiger partial charge in [0, 0.05) is 13.6 Å². The largest absolute Gasteiger partial charge is 0.375 e. The fourth-order valence-electron chi connectivity index (χ4n) is 1.83. The summed E-state index contributed by atoms with van der Waals surface area (Å²) < 4.78 is 1.70. The van der Waals surface area contributed by atoms with E-state index in [0.717, 1.165) is 23.7 Å². The Bertz CT molecular complexity index is 483. The molecule has 0 amide bonds. The number of aryl methyl sites for hydroxylation is 2. The number of anilines is 1. The Labute approximate surface area is 110 Å². The molecule has 0 aliphatic carbocycles. The van der Waals surface area contributed by atoms with E-state index in [0.29, 0.717) is 0 Å². The van der Waals surface area contributed by atoms with Crippen LogP contribution in [-0.2, 0) is 13.5 Å². The Morgan fingerprint density at radius 1 is 1.41 bits per heavy atom. The Morgan fingerprint density at radius 3 is 3.06 bits per heavy atom. The second-order valence-electron chi connectivity index (χ2n) is 3.96. The van der Waals surface area contributed by atoms with E-state index in [2.05, 4.69) is 20.6 Å². The van der Waals surface area contributed by atoms with E-state index < -0.39 is 0 Å². The molecule has 7 heteroatoms. The summed E-state index contributed by atoms with van der Waals surface area (Å²) in [6.45, 7) is 1.05. The van der Waals surface area contributed by atoms with Crippen molar-refractivity contribution >= 4 is 28.7 Å². The number of hydrogen-bond donors (Lipinski definition) is 1. The van der Waals surface area contributed by atoms with Crippen LogP contribution in [0.2, 0.25) is 0 Å². The summed E-state index contributed by atoms with van der Waals surface area (Å²) in [5.74, 6) is 0. The van der Waals surface area contributed by atoms with Gasteiger partial charge in [0.2, 0.25) is 0 Å². The quantitative estimate of drug-likeness (QED) is 0.863. The summed E-state index contributed by atoms with van der Waals surface area (Å²) >= 11 is 1.68. The molecule has 0 bridgehead atoms. The molecule has 1 aliphatic heterocycles. The van der Waals surface area contributed by atoms with Crippen LogP contribution >= 0.6 is 23.7 Å². The van der Waals surface area contributed by atoms with Crippen molar-refractivity contribution in [3.05, 3.63) is 11.9 Å². The molecule has 3 heterocycles. The Balaban J connectivity index is 0.00000108. The molecule has 1 aliphatic rings. The van der Waals surface area contributed by atoms with Crippen LogP contribution in [0.5, 0.6) is 0 Å². The molecule has 2 aromatic heterocycles. The van der Waals surface area contributed by atoms with E-state index in [-0.39, 0.29) is 12.4 Å². The van der Waals surface area contributed by atoms with E-state index in [1.54, 1.807) is 16.0 Å². The summed E-state index contributed by atoms with van der Waals surface area (Å²) in [5.41, 5.74) is 2.05. The SMILES string of the molecule is Cl.Cn1cc(-c2nc3c(s2)NCCCC3)nn1. The van der Waals surface area contributed by atoms with Crippen LogP contribution in [0.4, 0.5) is 5.00 Å². The van der Waals surface area contributed by atoms with E-state index in [1.165, 1.54) is 23.5 Å². The molecule has 0 radical (unpaired) electrons. The normalized spacial score (nSPS) is 14.4. The third kappa shape index (κ3) is 2.42. The first-order chi connectivity index (χ1) is 7.83. The first-order valence-corrected chi connectivity index (χ1v) is 6.25. The molecule has 0 saturated heterocycles. The van der Waals surface area contributed by atoms with Crippen molar-refractivity contribution in [2.45, 2.75) is 19.3 Å². The molecule has 1 N–H and O–H groups in total. The maximum Gasteiger partial charge on any atom is 0.147 e. The first-order valence-electron chi connectivity index (χ1n) is 5.43. The highest BCUT2D eigenvalue weighted by atomic mass is 35.5. The maximum atomic E-state index is 4.63. The van der Waals surface area contributed by atoms with Gasteiger partial charge >= 0.3 is 0 Å². The minimum atomic E-state index is 0. The smallest absolute Gasteiger partial charge is 0.147 e. The van der Waals surface area contributed by atoms with Gasteiger partial charge in [-0.05, 0) is 19.3 Å². The van der Waals surface area contributed by atoms with Crippen molar-refractivity contribution in [3.63, 3.8) is 0 Å². The number of rotatable bonds is 1. The monoisotopic (exact) mass is 271 g/mol. The second-order valence-corrected chi connectivity index (χ2v) is 4.96. The molecule has 0 unspecified atom stereocenters. The topological polar surface area (TPSA) is 55.6 Å². The molecular formula is C10H14ClN5S. The fraction of sp³-hybridized carbons (Fsp3) is 0.500. The Kier molecular flexibility index (Phi) is 3.63. The zero-order valence-corrected chi connectivity index (χ0v) is 11.1. The van der Waals surface area contributed by atoms with Crippen LogP contribution in [0, 0.1) is 0 Å². The first kappa shape index (κ1) is 12.3. The van der Waals surface area contributed by atoms with Crippen LogP contribution < -0.4 is 5.32 Å². The molecule has 5 nitrogen and oxygen atoms in total. The van der Waals surface area contributed by atoms with Crippen molar-refractivity contribution in [1.29, 1.82) is 0 Å². The van der Waals surface area contributed by atoms with Gasteiger partial charge in [-0.25, -0.2) is 4.98 Å². The van der Waals surface area contributed by atoms with Crippen LogP contribution in [0.15, 0.2) is 6.20 Å². The minimum absolute atomic E-state index is 0. The average Bonchev–Trinajstić information content (AvgIpc) is 2.81. The number of thiazole rings is 1. The predicted octanol–water partition coefficient (Wildman–Crippen LogP) is 2.11. The van der Waals surface area contributed by atoms with Crippen LogP contribution in [0.3, 0.4) is 0 Å². The van der Waals surface area contributed by atoms with Crippen molar-refractivity contribution in [3.8, 4) is 10.7 Å². The maximum absolute atomic E-state index is 4.63. The Morgan fingerprint density at radius 2 is 2.29 bits per heavy atom. The molecule has 92 valence electrons. The Hall–Kier alpha value is -1.14. The van der Waals surface area contributed by atoms with Gasteiger partial charge in [0.05, 0.1) is 11.9 Å². The summed E-state index contributed by atoms with van der Waals surface area (Å²) in [6, 6.07) is 0. The molecule has 0 fully saturated rings. The third-order valence-electron chi connectivity index (χ3n) is 2.65. The molecule has 0 atom stereocenters. The van der Waals surface area contributed by atoms with Gasteiger partial charge in [0.25, 0.3) is 0 Å². The lowest BCUT2D eigenvalue weighted by atomic mass is 10.2. The van der Waals surface area contributed by atoms with Gasteiger partial charge < -0.3 is 5.32 Å². The lowest BCUT2D eigenvalue weighted by molar-refractivity contribution is 0.715. The summed E-state index contributed by atoms with van der Waals surface area (Å²) in [4.78, 5) is 4.63. The van der Waals surface area contributed by atoms with E-state index >= 15 is 0 Å². The van der Waals surface area contributed by atoms with Gasteiger partial charge in [-0.2, -0.15) is 0 Å². The molecule has 0 saturated carbocycles. The van der Waals surface area contributed by atoms with Crippen molar-refractivity contribution < 1.29 is 0 Å². The molecular weight excluding hydrogens is 258 g/mol. The molecule has 17 heavy (non-hydrogen) atoms. The number of halogens is 1. The van der Waals surface area contributed by atoms with Crippen LogP contribution in [-0.4, -0.2) is 26.5 Å². The number of hydrogen-bond acceptors (Lipinski definition) is 5. The summed E-state index contributed by atoms with van der Waals surface area (Å²) in [5, 5.41) is 13.6. The zero-order chi connectivity index (χ0) is 11.0. The highest BCUT2D eigenvalue weighted by Crippen LogP contribution is 2.33. The van der Waals surface area contributed by atoms with Crippen molar-refractivity contribution in [2.75, 3.05) is 11.9 Å². The highest BCUT2D eigenvalue weighted by molar-refractivity contribution is 7.19. The standard InChI is InChI=1S/C10H13N5S.ClH/c1-15-6-8(13-14-15)10-12-7-4-2-3-5-11-9(7)16-10;/h6,11H,2-5H2,1H3;1H. The van der Waals surface area contributed by atoms with Crippen molar-refractivity contribution in [1.82, 2.24) is 20.0 Å². The number of nitrogens with zero attached hydrogens (tertiary/aromatic N) is 4. The summed E-state index contributed by atoms with van der Waals surface area (Å²) in [7, 11) is 1.87. The van der Waals surface area contributed by atoms with Crippen LogP contribution in [0.25, 0.3) is 10.7 Å².